The molecule has 0 saturated carbocycles. The maximum Gasteiger partial charge on any atom is 0.163 e. The van der Waals surface area contributed by atoms with Gasteiger partial charge in [0.15, 0.2) is 5.78 Å². The number of hydrogen-bond donors (Lipinski definition) is 1. The van der Waals surface area contributed by atoms with E-state index in [1.54, 1.807) is 6.07 Å². The third-order valence-corrected chi connectivity index (χ3v) is 3.55. The molecule has 106 valence electrons. The average molecular weight is 262 g/mol. The summed E-state index contributed by atoms with van der Waals surface area (Å²) < 4.78 is 0. The van der Waals surface area contributed by atoms with Crippen LogP contribution in [0.25, 0.3) is 0 Å². The molecule has 1 N–H and O–H groups in total. The summed E-state index contributed by atoms with van der Waals surface area (Å²) >= 11 is 0. The molecule has 0 heterocycles. The van der Waals surface area contributed by atoms with Crippen molar-refractivity contribution in [3.63, 3.8) is 0 Å². The fourth-order valence-corrected chi connectivity index (χ4v) is 2.51. The zero-order valence-electron chi connectivity index (χ0n) is 12.9. The highest BCUT2D eigenvalue weighted by molar-refractivity contribution is 5.96. The van der Waals surface area contributed by atoms with Gasteiger partial charge in [-0.15, -0.1) is 0 Å². The Labute approximate surface area is 116 Å². The molecular weight excluding hydrogens is 236 g/mol. The first kappa shape index (κ1) is 15.7. The van der Waals surface area contributed by atoms with Gasteiger partial charge in [-0.25, -0.2) is 0 Å². The molecular formula is C17H26O2. The molecule has 19 heavy (non-hydrogen) atoms. The van der Waals surface area contributed by atoms with Crippen molar-refractivity contribution in [1.82, 2.24) is 0 Å². The smallest absolute Gasteiger partial charge is 0.163 e. The highest BCUT2D eigenvalue weighted by Gasteiger charge is 2.27. The number of carbonyl (C=O) groups excluding carboxylic acids is 1. The molecule has 0 bridgehead atoms. The number of phenolic OH excluding ortho intramolecular Hbond substituents is 1. The Hall–Kier alpha value is -1.31. The van der Waals surface area contributed by atoms with Crippen LogP contribution in [0.1, 0.15) is 69.8 Å². The molecule has 0 aliphatic heterocycles. The van der Waals surface area contributed by atoms with Gasteiger partial charge in [-0.3, -0.25) is 4.79 Å². The zero-order valence-corrected chi connectivity index (χ0v) is 12.9. The Balaban J connectivity index is 3.23. The van der Waals surface area contributed by atoms with Crippen LogP contribution in [0.4, 0.5) is 0 Å². The number of rotatable bonds is 4. The van der Waals surface area contributed by atoms with E-state index >= 15 is 0 Å². The summed E-state index contributed by atoms with van der Waals surface area (Å²) in [6.45, 7) is 12.6. The van der Waals surface area contributed by atoms with E-state index in [0.717, 1.165) is 12.0 Å². The molecule has 0 amide bonds. The molecule has 0 radical (unpaired) electrons. The largest absolute Gasteiger partial charge is 0.507 e. The number of carbonyl (C=O) groups is 1. The number of ketones is 1. The summed E-state index contributed by atoms with van der Waals surface area (Å²) in [7, 11) is 0. The second-order valence-electron chi connectivity index (χ2n) is 6.88. The molecule has 2 heteroatoms. The molecule has 1 aromatic carbocycles. The van der Waals surface area contributed by atoms with E-state index in [-0.39, 0.29) is 16.9 Å². The van der Waals surface area contributed by atoms with Crippen molar-refractivity contribution >= 4 is 5.78 Å². The van der Waals surface area contributed by atoms with Gasteiger partial charge in [0, 0.05) is 0 Å². The second-order valence-corrected chi connectivity index (χ2v) is 6.88. The third kappa shape index (κ3) is 4.09. The van der Waals surface area contributed by atoms with E-state index in [1.165, 1.54) is 6.92 Å². The van der Waals surface area contributed by atoms with Crippen LogP contribution >= 0.6 is 0 Å². The van der Waals surface area contributed by atoms with E-state index in [2.05, 4.69) is 34.6 Å². The number of hydrogen-bond acceptors (Lipinski definition) is 2. The molecule has 0 aliphatic carbocycles. The topological polar surface area (TPSA) is 37.3 Å². The van der Waals surface area contributed by atoms with Gasteiger partial charge in [0.05, 0.1) is 5.56 Å². The summed E-state index contributed by atoms with van der Waals surface area (Å²) in [5.41, 5.74) is 1.70. The predicted molar refractivity (Wildman–Crippen MR) is 79.8 cm³/mol. The summed E-state index contributed by atoms with van der Waals surface area (Å²) in [6.07, 6.45) is 1.08. The minimum atomic E-state index is -0.0865. The fraction of sp³-hybridized carbons (Fsp3) is 0.588. The van der Waals surface area contributed by atoms with E-state index in [1.807, 2.05) is 12.1 Å². The van der Waals surface area contributed by atoms with Gasteiger partial charge in [0.2, 0.25) is 0 Å². The normalized spacial score (nSPS) is 13.6. The maximum atomic E-state index is 11.6. The summed E-state index contributed by atoms with van der Waals surface area (Å²) in [4.78, 5) is 11.6. The van der Waals surface area contributed by atoms with Gasteiger partial charge in [-0.1, -0.05) is 40.7 Å². The Morgan fingerprint density at radius 1 is 1.26 bits per heavy atom. The van der Waals surface area contributed by atoms with Crippen LogP contribution in [0, 0.1) is 11.3 Å². The molecule has 0 spiro atoms. The second kappa shape index (κ2) is 5.77. The summed E-state index contributed by atoms with van der Waals surface area (Å²) in [5.74, 6) is 0.968. The minimum absolute atomic E-state index is 0.0773. The summed E-state index contributed by atoms with van der Waals surface area (Å²) in [5, 5.41) is 9.75. The number of phenols is 1. The fourth-order valence-electron chi connectivity index (χ4n) is 2.51. The molecule has 0 aromatic heterocycles. The first-order valence-electron chi connectivity index (χ1n) is 6.96. The van der Waals surface area contributed by atoms with Gasteiger partial charge in [-0.05, 0) is 48.3 Å². The first-order valence-corrected chi connectivity index (χ1v) is 6.96. The molecule has 0 saturated heterocycles. The lowest BCUT2D eigenvalue weighted by molar-refractivity contribution is 0.101. The molecule has 1 atom stereocenters. The van der Waals surface area contributed by atoms with Crippen LogP contribution in [0.15, 0.2) is 18.2 Å². The molecule has 1 aromatic rings. The average Bonchev–Trinajstić information content (AvgIpc) is 2.24. The van der Waals surface area contributed by atoms with Gasteiger partial charge in [0.1, 0.15) is 5.75 Å². The van der Waals surface area contributed by atoms with Gasteiger partial charge < -0.3 is 5.11 Å². The van der Waals surface area contributed by atoms with Crippen LogP contribution in [0.3, 0.4) is 0 Å². The van der Waals surface area contributed by atoms with E-state index in [4.69, 9.17) is 0 Å². The van der Waals surface area contributed by atoms with Crippen LogP contribution in [0.5, 0.6) is 5.75 Å². The minimum Gasteiger partial charge on any atom is -0.507 e. The van der Waals surface area contributed by atoms with Crippen molar-refractivity contribution in [2.75, 3.05) is 0 Å². The predicted octanol–water partition coefficient (Wildman–Crippen LogP) is 4.77. The van der Waals surface area contributed by atoms with Crippen molar-refractivity contribution in [3.8, 4) is 5.75 Å². The molecule has 0 fully saturated rings. The van der Waals surface area contributed by atoms with Gasteiger partial charge >= 0.3 is 0 Å². The van der Waals surface area contributed by atoms with Gasteiger partial charge in [0.25, 0.3) is 0 Å². The number of benzene rings is 1. The quantitative estimate of drug-likeness (QED) is 0.793. The standard InChI is InChI=1S/C17H26O2/c1-11(2)9-15(17(4,5)6)13-7-8-16(19)14(10-13)12(3)18/h7-8,10-11,15,19H,9H2,1-6H3. The van der Waals surface area contributed by atoms with Crippen molar-refractivity contribution in [2.24, 2.45) is 11.3 Å². The highest BCUT2D eigenvalue weighted by Crippen LogP contribution is 2.40. The van der Waals surface area contributed by atoms with Crippen LogP contribution in [0.2, 0.25) is 0 Å². The third-order valence-electron chi connectivity index (χ3n) is 3.55. The Morgan fingerprint density at radius 2 is 1.84 bits per heavy atom. The molecule has 0 aliphatic rings. The molecule has 2 nitrogen and oxygen atoms in total. The lowest BCUT2D eigenvalue weighted by atomic mass is 9.72. The van der Waals surface area contributed by atoms with Crippen LogP contribution < -0.4 is 0 Å². The van der Waals surface area contributed by atoms with Crippen LogP contribution in [-0.4, -0.2) is 10.9 Å². The van der Waals surface area contributed by atoms with Crippen molar-refractivity contribution in [2.45, 2.75) is 53.9 Å². The summed E-state index contributed by atoms with van der Waals surface area (Å²) in [6, 6.07) is 5.45. The Kier molecular flexibility index (Phi) is 4.78. The number of aromatic hydroxyl groups is 1. The SMILES string of the molecule is CC(=O)c1cc(C(CC(C)C)C(C)(C)C)ccc1O. The zero-order chi connectivity index (χ0) is 14.8. The van der Waals surface area contributed by atoms with Crippen molar-refractivity contribution in [3.05, 3.63) is 29.3 Å². The Morgan fingerprint density at radius 3 is 2.26 bits per heavy atom. The van der Waals surface area contributed by atoms with Crippen molar-refractivity contribution in [1.29, 1.82) is 0 Å². The van der Waals surface area contributed by atoms with Gasteiger partial charge in [-0.2, -0.15) is 0 Å². The van der Waals surface area contributed by atoms with E-state index < -0.39 is 0 Å². The van der Waals surface area contributed by atoms with Crippen molar-refractivity contribution < 1.29 is 9.90 Å². The molecule has 1 unspecified atom stereocenters. The lowest BCUT2D eigenvalue weighted by Crippen LogP contribution is -2.20. The van der Waals surface area contributed by atoms with E-state index in [9.17, 15) is 9.90 Å². The molecule has 1 rings (SSSR count). The highest BCUT2D eigenvalue weighted by atomic mass is 16.3. The lowest BCUT2D eigenvalue weighted by Gasteiger charge is -2.33. The van der Waals surface area contributed by atoms with Crippen LogP contribution in [-0.2, 0) is 0 Å². The number of Topliss-reactive ketones (excluding diaryl/α,β-unsaturated/α-hetero) is 1. The first-order chi connectivity index (χ1) is 8.62. The van der Waals surface area contributed by atoms with E-state index in [0.29, 0.717) is 17.4 Å². The maximum absolute atomic E-state index is 11.6. The monoisotopic (exact) mass is 262 g/mol. The Bertz CT molecular complexity index is 453.